The molecule has 0 fully saturated rings. The lowest BCUT2D eigenvalue weighted by molar-refractivity contribution is -0.141. The van der Waals surface area contributed by atoms with Crippen LogP contribution < -0.4 is 10.6 Å². The number of ether oxygens (including phenoxy) is 1. The molecule has 0 aliphatic rings. The lowest BCUT2D eigenvalue weighted by Crippen LogP contribution is -2.53. The Morgan fingerprint density at radius 3 is 2.12 bits per heavy atom. The number of carbonyl (C=O) groups excluding carboxylic acids is 3. The average molecular weight is 566 g/mol. The molecule has 0 aliphatic carbocycles. The molecule has 0 saturated heterocycles. The number of aryl methyl sites for hydroxylation is 3. The molecule has 2 N–H and O–H groups in total. The molecular formula is C34H51N3O4. The van der Waals surface area contributed by atoms with Gasteiger partial charge in [0.25, 0.3) is 5.91 Å². The Balaban J connectivity index is 2.59. The molecule has 2 aromatic rings. The van der Waals surface area contributed by atoms with E-state index in [0.29, 0.717) is 18.7 Å². The van der Waals surface area contributed by atoms with Crippen molar-refractivity contribution in [3.8, 4) is 0 Å². The van der Waals surface area contributed by atoms with Crippen molar-refractivity contribution in [1.29, 1.82) is 0 Å². The minimum absolute atomic E-state index is 0.126. The van der Waals surface area contributed by atoms with Crippen molar-refractivity contribution in [3.05, 3.63) is 64.7 Å². The van der Waals surface area contributed by atoms with E-state index in [9.17, 15) is 14.4 Å². The third-order valence-corrected chi connectivity index (χ3v) is 6.75. The fourth-order valence-corrected chi connectivity index (χ4v) is 4.97. The van der Waals surface area contributed by atoms with Crippen LogP contribution in [0.2, 0.25) is 0 Å². The van der Waals surface area contributed by atoms with Gasteiger partial charge in [0, 0.05) is 12.2 Å². The van der Waals surface area contributed by atoms with E-state index in [2.05, 4.69) is 23.6 Å². The second-order valence-corrected chi connectivity index (χ2v) is 12.5. The number of carbonyl (C=O) groups is 3. The van der Waals surface area contributed by atoms with Crippen LogP contribution in [-0.4, -0.2) is 41.0 Å². The Bertz CT molecular complexity index is 1150. The number of benzene rings is 2. The van der Waals surface area contributed by atoms with Gasteiger partial charge in [0.1, 0.15) is 17.7 Å². The molecule has 0 saturated carbocycles. The van der Waals surface area contributed by atoms with E-state index < -0.39 is 23.8 Å². The summed E-state index contributed by atoms with van der Waals surface area (Å²) in [4.78, 5) is 43.1. The number of hydrogen-bond donors (Lipinski definition) is 2. The first-order valence-electron chi connectivity index (χ1n) is 15.0. The molecule has 3 amide bonds. The molecule has 2 rings (SSSR count). The maximum absolute atomic E-state index is 14.4. The van der Waals surface area contributed by atoms with Gasteiger partial charge in [-0.3, -0.25) is 9.59 Å². The van der Waals surface area contributed by atoms with Crippen LogP contribution in [0.25, 0.3) is 0 Å². The molecule has 0 radical (unpaired) electrons. The van der Waals surface area contributed by atoms with Crippen LogP contribution in [0.3, 0.4) is 0 Å². The van der Waals surface area contributed by atoms with Gasteiger partial charge in [-0.25, -0.2) is 4.79 Å². The molecule has 7 nitrogen and oxygen atoms in total. The van der Waals surface area contributed by atoms with E-state index in [1.807, 2.05) is 71.0 Å². The molecule has 0 spiro atoms. The molecule has 0 aliphatic heterocycles. The van der Waals surface area contributed by atoms with Crippen molar-refractivity contribution in [3.63, 3.8) is 0 Å². The monoisotopic (exact) mass is 565 g/mol. The highest BCUT2D eigenvalue weighted by atomic mass is 16.6. The highest BCUT2D eigenvalue weighted by Crippen LogP contribution is 2.28. The smallest absolute Gasteiger partial charge is 0.408 e. The van der Waals surface area contributed by atoms with E-state index >= 15 is 0 Å². The number of unbranched alkanes of at least 4 members (excludes halogenated alkanes) is 3. The van der Waals surface area contributed by atoms with Crippen molar-refractivity contribution < 1.29 is 19.1 Å². The summed E-state index contributed by atoms with van der Waals surface area (Å²) in [6.45, 7) is 17.8. The number of rotatable bonds is 13. The molecule has 41 heavy (non-hydrogen) atoms. The van der Waals surface area contributed by atoms with Gasteiger partial charge in [0.05, 0.1) is 0 Å². The predicted octanol–water partition coefficient (Wildman–Crippen LogP) is 7.64. The van der Waals surface area contributed by atoms with E-state index in [1.165, 1.54) is 0 Å². The van der Waals surface area contributed by atoms with E-state index in [0.717, 1.165) is 47.9 Å². The minimum Gasteiger partial charge on any atom is -0.444 e. The lowest BCUT2D eigenvalue weighted by Gasteiger charge is -2.35. The van der Waals surface area contributed by atoms with Crippen LogP contribution in [-0.2, 0) is 14.3 Å². The van der Waals surface area contributed by atoms with Crippen molar-refractivity contribution in [2.24, 2.45) is 5.92 Å². The first kappa shape index (κ1) is 33.9. The number of nitrogens with one attached hydrogen (secondary N) is 2. The molecular weight excluding hydrogens is 514 g/mol. The van der Waals surface area contributed by atoms with Gasteiger partial charge in [0.15, 0.2) is 0 Å². The summed E-state index contributed by atoms with van der Waals surface area (Å²) in [5.41, 5.74) is 3.71. The van der Waals surface area contributed by atoms with Crippen molar-refractivity contribution in [2.45, 2.75) is 112 Å². The Hall–Kier alpha value is -3.35. The second-order valence-electron chi connectivity index (χ2n) is 12.5. The molecule has 226 valence electrons. The van der Waals surface area contributed by atoms with Crippen molar-refractivity contribution in [1.82, 2.24) is 10.2 Å². The summed E-state index contributed by atoms with van der Waals surface area (Å²) < 4.78 is 5.51. The van der Waals surface area contributed by atoms with E-state index in [1.54, 1.807) is 25.7 Å². The number of amides is 3. The summed E-state index contributed by atoms with van der Waals surface area (Å²) in [6.07, 6.45) is 3.56. The van der Waals surface area contributed by atoms with Crippen LogP contribution in [0.5, 0.6) is 0 Å². The Kier molecular flexibility index (Phi) is 12.9. The third-order valence-electron chi connectivity index (χ3n) is 6.75. The van der Waals surface area contributed by atoms with Crippen LogP contribution in [0.15, 0.2) is 42.5 Å². The largest absolute Gasteiger partial charge is 0.444 e. The summed E-state index contributed by atoms with van der Waals surface area (Å²) in [5, 5.41) is 5.92. The summed E-state index contributed by atoms with van der Waals surface area (Å²) >= 11 is 0. The number of alkyl carbamates (subject to hydrolysis) is 1. The van der Waals surface area contributed by atoms with Crippen LogP contribution in [0, 0.1) is 26.7 Å². The zero-order chi connectivity index (χ0) is 30.7. The maximum atomic E-state index is 14.4. The highest BCUT2D eigenvalue weighted by molar-refractivity contribution is 5.99. The zero-order valence-electron chi connectivity index (χ0n) is 26.6. The van der Waals surface area contributed by atoms with Gasteiger partial charge in [-0.15, -0.1) is 0 Å². The standard InChI is InChI=1S/C34H51N3O4/c1-10-11-12-15-18-37(32(39)29(19-23(2)3)36-33(40)41-34(7,8)9)30(27-21-24(4)20-25(5)22-27)31(38)35-28-17-14-13-16-26(28)6/h13-14,16-17,20-23,29-30H,10-12,15,18-19H2,1-9H3,(H,35,38)(H,36,40). The first-order valence-corrected chi connectivity index (χ1v) is 15.0. The number of hydrogen-bond acceptors (Lipinski definition) is 4. The normalized spacial score (nSPS) is 12.9. The summed E-state index contributed by atoms with van der Waals surface area (Å²) in [5.74, 6) is -0.444. The fourth-order valence-electron chi connectivity index (χ4n) is 4.97. The summed E-state index contributed by atoms with van der Waals surface area (Å²) in [6, 6.07) is 11.9. The molecule has 0 heterocycles. The van der Waals surface area contributed by atoms with Gasteiger partial charge in [-0.1, -0.05) is 87.6 Å². The molecule has 2 atom stereocenters. The van der Waals surface area contributed by atoms with Crippen LogP contribution in [0.4, 0.5) is 10.5 Å². The predicted molar refractivity (Wildman–Crippen MR) is 167 cm³/mol. The van der Waals surface area contributed by atoms with Gasteiger partial charge in [-0.2, -0.15) is 0 Å². The summed E-state index contributed by atoms with van der Waals surface area (Å²) in [7, 11) is 0. The molecule has 2 aromatic carbocycles. The molecule has 2 unspecified atom stereocenters. The number of para-hydroxylation sites is 1. The van der Waals surface area contributed by atoms with Gasteiger partial charge in [-0.05, 0) is 77.5 Å². The molecule has 7 heteroatoms. The second kappa shape index (κ2) is 15.6. The molecule has 0 bridgehead atoms. The molecule has 0 aromatic heterocycles. The third kappa shape index (κ3) is 11.2. The fraction of sp³-hybridized carbons (Fsp3) is 0.559. The Labute approximate surface area is 247 Å². The Morgan fingerprint density at radius 1 is 0.927 bits per heavy atom. The number of anilines is 1. The van der Waals surface area contributed by atoms with Gasteiger partial charge in [0.2, 0.25) is 5.91 Å². The SMILES string of the molecule is CCCCCCN(C(=O)C(CC(C)C)NC(=O)OC(C)(C)C)C(C(=O)Nc1ccccc1C)c1cc(C)cc(C)c1. The average Bonchev–Trinajstić information content (AvgIpc) is 2.84. The Morgan fingerprint density at radius 2 is 1.56 bits per heavy atom. The van der Waals surface area contributed by atoms with E-state index in [4.69, 9.17) is 4.74 Å². The van der Waals surface area contributed by atoms with Crippen LogP contribution >= 0.6 is 0 Å². The maximum Gasteiger partial charge on any atom is 0.408 e. The van der Waals surface area contributed by atoms with Crippen molar-refractivity contribution in [2.75, 3.05) is 11.9 Å². The quantitative estimate of drug-likeness (QED) is 0.244. The lowest BCUT2D eigenvalue weighted by atomic mass is 9.96. The van der Waals surface area contributed by atoms with Crippen LogP contribution in [0.1, 0.15) is 102 Å². The van der Waals surface area contributed by atoms with Crippen molar-refractivity contribution >= 4 is 23.6 Å². The van der Waals surface area contributed by atoms with Gasteiger partial charge < -0.3 is 20.3 Å². The van der Waals surface area contributed by atoms with E-state index in [-0.39, 0.29) is 17.7 Å². The highest BCUT2D eigenvalue weighted by Gasteiger charge is 2.36. The number of nitrogens with zero attached hydrogens (tertiary/aromatic N) is 1. The van der Waals surface area contributed by atoms with Gasteiger partial charge >= 0.3 is 6.09 Å². The first-order chi connectivity index (χ1) is 19.2. The minimum atomic E-state index is -0.877. The zero-order valence-corrected chi connectivity index (χ0v) is 26.6. The topological polar surface area (TPSA) is 87.7 Å².